The van der Waals surface area contributed by atoms with Crippen LogP contribution in [0.25, 0.3) is 18.2 Å². The average Bonchev–Trinajstić information content (AvgIpc) is 3.46. The fraction of sp³-hybridized carbons (Fsp3) is 0.242. The van der Waals surface area contributed by atoms with Gasteiger partial charge in [-0.15, -0.1) is 0 Å². The monoisotopic (exact) mass is 556 g/mol. The number of benzene rings is 2. The summed E-state index contributed by atoms with van der Waals surface area (Å²) in [6, 6.07) is 21.6. The van der Waals surface area contributed by atoms with Gasteiger partial charge >= 0.3 is 0 Å². The summed E-state index contributed by atoms with van der Waals surface area (Å²) >= 11 is 0. The topological polar surface area (TPSA) is 32.4 Å². The number of allylic oxidation sites excluding steroid dienone is 3. The lowest BCUT2D eigenvalue weighted by molar-refractivity contribution is -0.785. The average molecular weight is 557 g/mol. The van der Waals surface area contributed by atoms with Gasteiger partial charge < -0.3 is 10.6 Å². The van der Waals surface area contributed by atoms with Crippen LogP contribution in [0.1, 0.15) is 30.5 Å². The Morgan fingerprint density at radius 3 is 1.69 bits per heavy atom. The normalized spacial score (nSPS) is 14.8. The smallest absolute Gasteiger partial charge is 0.169 e. The zero-order chi connectivity index (χ0) is 27.1. The van der Waals surface area contributed by atoms with E-state index in [1.165, 1.54) is 38.5 Å². The molecule has 0 fully saturated rings. The fourth-order valence-corrected chi connectivity index (χ4v) is 5.84. The predicted molar refractivity (Wildman–Crippen MR) is 174 cm³/mol. The Morgan fingerprint density at radius 1 is 0.692 bits per heavy atom. The number of nitrogens with one attached hydrogen (secondary N) is 3. The SMILES string of the molecule is CC[n+]1ccc(/C=C/c2ccc(NCCSSCCNc3ccc(/C=C/C4=C[NH+](CC)C=C4)cc3)cc2)cc1. The second-order valence-electron chi connectivity index (χ2n) is 9.28. The summed E-state index contributed by atoms with van der Waals surface area (Å²) in [5.41, 5.74) is 7.26. The van der Waals surface area contributed by atoms with Crippen molar-refractivity contribution in [3.8, 4) is 0 Å². The fourth-order valence-electron chi connectivity index (χ4n) is 4.03. The van der Waals surface area contributed by atoms with Crippen LogP contribution in [0.15, 0.2) is 103 Å². The zero-order valence-electron chi connectivity index (χ0n) is 23.0. The molecule has 39 heavy (non-hydrogen) atoms. The first-order chi connectivity index (χ1) is 19.2. The zero-order valence-corrected chi connectivity index (χ0v) is 24.6. The van der Waals surface area contributed by atoms with Crippen molar-refractivity contribution in [2.24, 2.45) is 0 Å². The lowest BCUT2D eigenvalue weighted by atomic mass is 10.1. The molecular weight excluding hydrogens is 517 g/mol. The molecule has 6 heteroatoms. The molecule has 1 unspecified atom stereocenters. The van der Waals surface area contributed by atoms with Crippen LogP contribution in [0.3, 0.4) is 0 Å². The molecule has 0 spiro atoms. The van der Waals surface area contributed by atoms with Crippen molar-refractivity contribution in [2.45, 2.75) is 20.4 Å². The number of rotatable bonds is 15. The highest BCUT2D eigenvalue weighted by Crippen LogP contribution is 2.21. The molecule has 1 atom stereocenters. The number of aryl methyl sites for hydroxylation is 1. The van der Waals surface area contributed by atoms with E-state index in [0.717, 1.165) is 37.7 Å². The molecule has 1 aromatic heterocycles. The van der Waals surface area contributed by atoms with Gasteiger partial charge in [0.05, 0.1) is 12.7 Å². The van der Waals surface area contributed by atoms with Gasteiger partial charge in [-0.3, -0.25) is 4.90 Å². The van der Waals surface area contributed by atoms with Crippen molar-refractivity contribution in [3.05, 3.63) is 120 Å². The van der Waals surface area contributed by atoms with Gasteiger partial charge in [0.25, 0.3) is 0 Å². The maximum Gasteiger partial charge on any atom is 0.169 e. The molecule has 0 saturated carbocycles. The van der Waals surface area contributed by atoms with Gasteiger partial charge in [0.2, 0.25) is 0 Å². The second-order valence-corrected chi connectivity index (χ2v) is 12.0. The van der Waals surface area contributed by atoms with E-state index in [1.807, 2.05) is 21.6 Å². The van der Waals surface area contributed by atoms with Crippen molar-refractivity contribution in [3.63, 3.8) is 0 Å². The number of nitrogens with zero attached hydrogens (tertiary/aromatic N) is 1. The Labute approximate surface area is 242 Å². The number of pyridine rings is 1. The standard InChI is InChI=1S/C33H38N4S2/c1-3-36-22-17-30(18-23-36)6-5-28-9-13-32(14-10-28)34-20-25-38-39-26-21-35-33-15-11-29(12-16-33)7-8-31-19-24-37(4-2)27-31/h5-19,22-24,27,35H,3-4,20-21,25-26H2,1-2H3/p+2/b8-7+. The first kappa shape index (κ1) is 28.8. The molecule has 1 aliphatic heterocycles. The van der Waals surface area contributed by atoms with Crippen molar-refractivity contribution in [1.82, 2.24) is 0 Å². The van der Waals surface area contributed by atoms with E-state index < -0.39 is 0 Å². The Bertz CT molecular complexity index is 1260. The van der Waals surface area contributed by atoms with E-state index in [-0.39, 0.29) is 0 Å². The minimum absolute atomic E-state index is 0.960. The third-order valence-corrected chi connectivity index (χ3v) is 8.81. The highest BCUT2D eigenvalue weighted by molar-refractivity contribution is 8.76. The van der Waals surface area contributed by atoms with Gasteiger partial charge in [0, 0.05) is 59.8 Å². The van der Waals surface area contributed by atoms with Crippen LogP contribution in [0.5, 0.6) is 0 Å². The van der Waals surface area contributed by atoms with Gasteiger partial charge in [-0.1, -0.05) is 64.1 Å². The molecular formula is C33H40N4S2+2. The predicted octanol–water partition coefficient (Wildman–Crippen LogP) is 6.40. The summed E-state index contributed by atoms with van der Waals surface area (Å²) in [4.78, 5) is 1.39. The molecule has 4 rings (SSSR count). The quantitative estimate of drug-likeness (QED) is 0.115. The van der Waals surface area contributed by atoms with Crippen LogP contribution >= 0.6 is 21.6 Å². The Kier molecular flexibility index (Phi) is 11.8. The van der Waals surface area contributed by atoms with Gasteiger partial charge in [-0.05, 0) is 60.9 Å². The molecule has 3 N–H and O–H groups in total. The van der Waals surface area contributed by atoms with Crippen LogP contribution in [0.4, 0.5) is 11.4 Å². The second kappa shape index (κ2) is 16.0. The van der Waals surface area contributed by atoms with Crippen LogP contribution < -0.4 is 20.1 Å². The van der Waals surface area contributed by atoms with E-state index in [0.29, 0.717) is 0 Å². The third kappa shape index (κ3) is 10.1. The molecule has 0 saturated heterocycles. The molecule has 3 aromatic rings. The summed E-state index contributed by atoms with van der Waals surface area (Å²) in [6.07, 6.45) is 19.5. The number of hydrogen-bond acceptors (Lipinski definition) is 4. The highest BCUT2D eigenvalue weighted by Gasteiger charge is 2.05. The first-order valence-corrected chi connectivity index (χ1v) is 16.2. The van der Waals surface area contributed by atoms with Crippen molar-refractivity contribution < 1.29 is 9.47 Å². The van der Waals surface area contributed by atoms with E-state index >= 15 is 0 Å². The van der Waals surface area contributed by atoms with Gasteiger partial charge in [-0.2, -0.15) is 0 Å². The molecule has 1 aliphatic rings. The Morgan fingerprint density at radius 2 is 1.21 bits per heavy atom. The summed E-state index contributed by atoms with van der Waals surface area (Å²) in [7, 11) is 3.84. The molecule has 2 heterocycles. The van der Waals surface area contributed by atoms with Gasteiger partial charge in [-0.25, -0.2) is 4.57 Å². The van der Waals surface area contributed by atoms with Crippen LogP contribution in [0.2, 0.25) is 0 Å². The van der Waals surface area contributed by atoms with Crippen LogP contribution in [-0.4, -0.2) is 31.1 Å². The first-order valence-electron chi connectivity index (χ1n) is 13.7. The molecule has 4 nitrogen and oxygen atoms in total. The Balaban J connectivity index is 1.05. The molecule has 0 amide bonds. The van der Waals surface area contributed by atoms with E-state index in [4.69, 9.17) is 0 Å². The lowest BCUT2D eigenvalue weighted by Crippen LogP contribution is -3.01. The maximum absolute atomic E-state index is 3.52. The number of hydrogen-bond donors (Lipinski definition) is 3. The third-order valence-electron chi connectivity index (χ3n) is 6.40. The molecule has 0 bridgehead atoms. The van der Waals surface area contributed by atoms with Crippen molar-refractivity contribution in [2.75, 3.05) is 41.8 Å². The van der Waals surface area contributed by atoms with E-state index in [2.05, 4.69) is 145 Å². The Hall–Kier alpha value is -3.19. The van der Waals surface area contributed by atoms with Gasteiger partial charge in [0.15, 0.2) is 12.4 Å². The number of quaternary nitrogens is 1. The van der Waals surface area contributed by atoms with Gasteiger partial charge in [0.1, 0.15) is 12.7 Å². The van der Waals surface area contributed by atoms with E-state index in [1.54, 1.807) is 0 Å². The molecule has 0 aliphatic carbocycles. The lowest BCUT2D eigenvalue weighted by Gasteiger charge is -2.08. The number of aromatic nitrogens is 1. The summed E-state index contributed by atoms with van der Waals surface area (Å²) in [6.45, 7) is 8.35. The van der Waals surface area contributed by atoms with Crippen LogP contribution in [-0.2, 0) is 6.54 Å². The maximum atomic E-state index is 3.52. The summed E-state index contributed by atoms with van der Waals surface area (Å²) in [5, 5.41) is 7.05. The van der Waals surface area contributed by atoms with Crippen molar-refractivity contribution >= 4 is 51.2 Å². The molecule has 0 radical (unpaired) electrons. The van der Waals surface area contributed by atoms with Crippen molar-refractivity contribution in [1.29, 1.82) is 0 Å². The minimum atomic E-state index is 0.960. The largest absolute Gasteiger partial charge is 0.384 e. The minimum Gasteiger partial charge on any atom is -0.384 e. The van der Waals surface area contributed by atoms with Crippen LogP contribution in [0, 0.1) is 0 Å². The number of anilines is 2. The molecule has 202 valence electrons. The van der Waals surface area contributed by atoms with E-state index in [9.17, 15) is 0 Å². The molecule has 2 aromatic carbocycles. The summed E-state index contributed by atoms with van der Waals surface area (Å²) in [5.74, 6) is 2.15. The summed E-state index contributed by atoms with van der Waals surface area (Å²) < 4.78 is 2.17. The highest BCUT2D eigenvalue weighted by atomic mass is 33.1.